The monoisotopic (exact) mass is 429 g/mol. The highest BCUT2D eigenvalue weighted by atomic mass is 16.5. The second-order valence-electron chi connectivity index (χ2n) is 7.87. The van der Waals surface area contributed by atoms with Crippen LogP contribution in [0.3, 0.4) is 0 Å². The third kappa shape index (κ3) is 5.10. The molecule has 1 fully saturated rings. The molecule has 166 valence electrons. The highest BCUT2D eigenvalue weighted by molar-refractivity contribution is 6.22. The summed E-state index contributed by atoms with van der Waals surface area (Å²) in [6.45, 7) is 3.63. The van der Waals surface area contributed by atoms with E-state index in [9.17, 15) is 24.0 Å². The smallest absolute Gasteiger partial charge is 0.338 e. The zero-order valence-corrected chi connectivity index (χ0v) is 17.7. The average Bonchev–Trinajstić information content (AvgIpc) is 3.33. The highest BCUT2D eigenvalue weighted by Gasteiger charge is 2.35. The minimum atomic E-state index is -1.21. The Hall–Kier alpha value is -3.23. The van der Waals surface area contributed by atoms with E-state index in [0.717, 1.165) is 32.1 Å². The van der Waals surface area contributed by atoms with Crippen LogP contribution in [0.2, 0.25) is 0 Å². The third-order valence-electron chi connectivity index (χ3n) is 5.52. The number of imide groups is 2. The lowest BCUT2D eigenvalue weighted by atomic mass is 10.1. The predicted octanol–water partition coefficient (Wildman–Crippen LogP) is 2.40. The summed E-state index contributed by atoms with van der Waals surface area (Å²) in [6.07, 6.45) is 4.15. The summed E-state index contributed by atoms with van der Waals surface area (Å²) < 4.78 is 5.14. The fraction of sp³-hybridized carbons (Fsp3) is 0.500. The summed E-state index contributed by atoms with van der Waals surface area (Å²) in [5.41, 5.74) is 0.433. The predicted molar refractivity (Wildman–Crippen MR) is 111 cm³/mol. The number of benzene rings is 1. The molecule has 0 radical (unpaired) electrons. The molecular weight excluding hydrogens is 402 g/mol. The Morgan fingerprint density at radius 1 is 1.13 bits per heavy atom. The van der Waals surface area contributed by atoms with Gasteiger partial charge in [-0.15, -0.1) is 0 Å². The van der Waals surface area contributed by atoms with Gasteiger partial charge in [0, 0.05) is 12.6 Å². The summed E-state index contributed by atoms with van der Waals surface area (Å²) in [6, 6.07) is 3.54. The van der Waals surface area contributed by atoms with Gasteiger partial charge >= 0.3 is 12.0 Å². The van der Waals surface area contributed by atoms with Crippen LogP contribution < -0.4 is 10.6 Å². The maximum absolute atomic E-state index is 12.5. The minimum Gasteiger partial charge on any atom is -0.449 e. The van der Waals surface area contributed by atoms with Crippen LogP contribution in [0.5, 0.6) is 0 Å². The molecule has 2 aliphatic rings. The van der Waals surface area contributed by atoms with Crippen molar-refractivity contribution in [3.63, 3.8) is 0 Å². The van der Waals surface area contributed by atoms with Crippen molar-refractivity contribution in [1.82, 2.24) is 15.5 Å². The molecule has 1 unspecified atom stereocenters. The lowest BCUT2D eigenvalue weighted by Gasteiger charge is -2.15. The second kappa shape index (κ2) is 9.72. The number of hydrogen-bond acceptors (Lipinski definition) is 6. The molecule has 1 aromatic rings. The molecule has 0 aromatic heterocycles. The molecule has 9 heteroatoms. The van der Waals surface area contributed by atoms with Crippen LogP contribution >= 0.6 is 0 Å². The van der Waals surface area contributed by atoms with Crippen LogP contribution in [0.4, 0.5) is 4.79 Å². The Kier molecular flexibility index (Phi) is 7.04. The number of nitrogens with zero attached hydrogens (tertiary/aromatic N) is 1. The molecule has 0 spiro atoms. The van der Waals surface area contributed by atoms with E-state index in [-0.39, 0.29) is 28.6 Å². The zero-order chi connectivity index (χ0) is 22.5. The van der Waals surface area contributed by atoms with Crippen LogP contribution in [0, 0.1) is 0 Å². The molecule has 5 amide bonds. The van der Waals surface area contributed by atoms with Gasteiger partial charge in [-0.2, -0.15) is 0 Å². The fourth-order valence-electron chi connectivity index (χ4n) is 3.72. The Labute approximate surface area is 180 Å². The Morgan fingerprint density at radius 3 is 2.48 bits per heavy atom. The summed E-state index contributed by atoms with van der Waals surface area (Å²) >= 11 is 0. The van der Waals surface area contributed by atoms with Crippen LogP contribution in [0.1, 0.15) is 83.4 Å². The van der Waals surface area contributed by atoms with Crippen molar-refractivity contribution in [1.29, 1.82) is 0 Å². The maximum Gasteiger partial charge on any atom is 0.338 e. The van der Waals surface area contributed by atoms with Crippen molar-refractivity contribution in [3.8, 4) is 0 Å². The van der Waals surface area contributed by atoms with E-state index in [0.29, 0.717) is 13.0 Å². The van der Waals surface area contributed by atoms with Gasteiger partial charge in [-0.05, 0) is 44.4 Å². The van der Waals surface area contributed by atoms with Gasteiger partial charge in [0.05, 0.1) is 16.7 Å². The number of rotatable bonds is 7. The SMILES string of the molecule is CCCCN1C(=O)c2ccc(C(=O)OC(C)C(=O)NC(=O)NC3CCCC3)cc2C1=O. The van der Waals surface area contributed by atoms with Gasteiger partial charge in [0.25, 0.3) is 17.7 Å². The molecule has 1 heterocycles. The number of urea groups is 1. The largest absolute Gasteiger partial charge is 0.449 e. The lowest BCUT2D eigenvalue weighted by Crippen LogP contribution is -2.47. The van der Waals surface area contributed by atoms with Crippen molar-refractivity contribution in [3.05, 3.63) is 34.9 Å². The molecule has 1 aliphatic carbocycles. The molecule has 9 nitrogen and oxygen atoms in total. The summed E-state index contributed by atoms with van der Waals surface area (Å²) in [5.74, 6) is -2.40. The van der Waals surface area contributed by atoms with Crippen LogP contribution in [-0.4, -0.2) is 53.3 Å². The van der Waals surface area contributed by atoms with Crippen LogP contribution in [0.15, 0.2) is 18.2 Å². The van der Waals surface area contributed by atoms with Gasteiger partial charge in [0.2, 0.25) is 0 Å². The van der Waals surface area contributed by atoms with E-state index in [1.165, 1.54) is 30.0 Å². The lowest BCUT2D eigenvalue weighted by molar-refractivity contribution is -0.127. The first-order valence-electron chi connectivity index (χ1n) is 10.6. The molecule has 1 aromatic carbocycles. The topological polar surface area (TPSA) is 122 Å². The second-order valence-corrected chi connectivity index (χ2v) is 7.87. The van der Waals surface area contributed by atoms with Crippen molar-refractivity contribution in [2.24, 2.45) is 0 Å². The number of hydrogen-bond donors (Lipinski definition) is 2. The standard InChI is InChI=1S/C22H27N3O6/c1-3-4-11-25-19(27)16-10-9-14(12-17(16)20(25)28)21(29)31-13(2)18(26)24-22(30)23-15-7-5-6-8-15/h9-10,12-13,15H,3-8,11H2,1-2H3,(H2,23,24,26,30). The first kappa shape index (κ1) is 22.5. The minimum absolute atomic E-state index is 0.0484. The number of nitrogens with one attached hydrogen (secondary N) is 2. The Balaban J connectivity index is 1.59. The van der Waals surface area contributed by atoms with E-state index in [1.807, 2.05) is 6.92 Å². The molecule has 1 saturated carbocycles. The Morgan fingerprint density at radius 2 is 1.81 bits per heavy atom. The van der Waals surface area contributed by atoms with Crippen LogP contribution in [0.25, 0.3) is 0 Å². The molecule has 3 rings (SSSR count). The molecule has 31 heavy (non-hydrogen) atoms. The van der Waals surface area contributed by atoms with E-state index in [1.54, 1.807) is 0 Å². The van der Waals surface area contributed by atoms with Crippen molar-refractivity contribution < 1.29 is 28.7 Å². The third-order valence-corrected chi connectivity index (χ3v) is 5.52. The number of esters is 1. The summed E-state index contributed by atoms with van der Waals surface area (Å²) in [4.78, 5) is 62.6. The quantitative estimate of drug-likeness (QED) is 0.507. The maximum atomic E-state index is 12.5. The number of carbonyl (C=O) groups excluding carboxylic acids is 5. The van der Waals surface area contributed by atoms with Crippen LogP contribution in [-0.2, 0) is 9.53 Å². The van der Waals surface area contributed by atoms with Gasteiger partial charge in [-0.25, -0.2) is 9.59 Å². The van der Waals surface area contributed by atoms with Gasteiger partial charge in [0.15, 0.2) is 6.10 Å². The van der Waals surface area contributed by atoms with Gasteiger partial charge in [0.1, 0.15) is 0 Å². The molecule has 2 N–H and O–H groups in total. The number of ether oxygens (including phenoxy) is 1. The first-order chi connectivity index (χ1) is 14.8. The zero-order valence-electron chi connectivity index (χ0n) is 17.7. The first-order valence-corrected chi connectivity index (χ1v) is 10.6. The van der Waals surface area contributed by atoms with E-state index < -0.39 is 29.9 Å². The summed E-state index contributed by atoms with van der Waals surface area (Å²) in [5, 5.41) is 4.89. The number of carbonyl (C=O) groups is 5. The highest BCUT2D eigenvalue weighted by Crippen LogP contribution is 2.25. The van der Waals surface area contributed by atoms with Crippen molar-refractivity contribution in [2.75, 3.05) is 6.54 Å². The van der Waals surface area contributed by atoms with E-state index in [4.69, 9.17) is 4.74 Å². The number of amides is 5. The van der Waals surface area contributed by atoms with Gasteiger partial charge in [-0.1, -0.05) is 26.2 Å². The van der Waals surface area contributed by atoms with Gasteiger partial charge in [-0.3, -0.25) is 24.6 Å². The molecule has 1 aliphatic heterocycles. The number of fused-ring (bicyclic) bond motifs is 1. The fourth-order valence-corrected chi connectivity index (χ4v) is 3.72. The van der Waals surface area contributed by atoms with E-state index >= 15 is 0 Å². The molecular formula is C22H27N3O6. The molecule has 0 saturated heterocycles. The van der Waals surface area contributed by atoms with Crippen molar-refractivity contribution >= 4 is 29.7 Å². The molecule has 1 atom stereocenters. The van der Waals surface area contributed by atoms with Crippen molar-refractivity contribution in [2.45, 2.75) is 64.5 Å². The number of unbranched alkanes of at least 4 members (excludes halogenated alkanes) is 1. The average molecular weight is 429 g/mol. The molecule has 0 bridgehead atoms. The summed E-state index contributed by atoms with van der Waals surface area (Å²) in [7, 11) is 0. The van der Waals surface area contributed by atoms with Gasteiger partial charge < -0.3 is 10.1 Å². The Bertz CT molecular complexity index is 907. The normalized spacial score (nSPS) is 16.8. The van der Waals surface area contributed by atoms with E-state index in [2.05, 4.69) is 10.6 Å².